The van der Waals surface area contributed by atoms with Gasteiger partial charge in [0.2, 0.25) is 0 Å². The van der Waals surface area contributed by atoms with E-state index in [0.717, 1.165) is 18.4 Å². The SMILES string of the molecule is Cc1cc(C)cc(C(C)NCC(C)C(C)C)c1. The van der Waals surface area contributed by atoms with Gasteiger partial charge in [-0.1, -0.05) is 50.1 Å². The van der Waals surface area contributed by atoms with E-state index in [0.29, 0.717) is 6.04 Å². The monoisotopic (exact) mass is 233 g/mol. The van der Waals surface area contributed by atoms with Crippen molar-refractivity contribution in [3.05, 3.63) is 34.9 Å². The van der Waals surface area contributed by atoms with E-state index in [9.17, 15) is 0 Å². The first kappa shape index (κ1) is 14.2. The molecular formula is C16H27N. The third kappa shape index (κ3) is 4.51. The fraction of sp³-hybridized carbons (Fsp3) is 0.625. The van der Waals surface area contributed by atoms with Gasteiger partial charge < -0.3 is 5.32 Å². The second kappa shape index (κ2) is 6.20. The van der Waals surface area contributed by atoms with Gasteiger partial charge in [-0.25, -0.2) is 0 Å². The smallest absolute Gasteiger partial charge is 0.0292 e. The predicted molar refractivity (Wildman–Crippen MR) is 76.3 cm³/mol. The molecule has 1 nitrogen and oxygen atoms in total. The van der Waals surface area contributed by atoms with Crippen molar-refractivity contribution in [3.63, 3.8) is 0 Å². The summed E-state index contributed by atoms with van der Waals surface area (Å²) in [7, 11) is 0. The molecule has 0 aromatic heterocycles. The highest BCUT2D eigenvalue weighted by Gasteiger charge is 2.10. The van der Waals surface area contributed by atoms with E-state index in [1.54, 1.807) is 0 Å². The quantitative estimate of drug-likeness (QED) is 0.802. The summed E-state index contributed by atoms with van der Waals surface area (Å²) < 4.78 is 0. The Morgan fingerprint density at radius 2 is 1.47 bits per heavy atom. The summed E-state index contributed by atoms with van der Waals surface area (Å²) in [4.78, 5) is 0. The summed E-state index contributed by atoms with van der Waals surface area (Å²) >= 11 is 0. The van der Waals surface area contributed by atoms with Crippen LogP contribution >= 0.6 is 0 Å². The fourth-order valence-corrected chi connectivity index (χ4v) is 1.98. The van der Waals surface area contributed by atoms with E-state index in [1.807, 2.05) is 0 Å². The van der Waals surface area contributed by atoms with Crippen molar-refractivity contribution >= 4 is 0 Å². The minimum atomic E-state index is 0.440. The van der Waals surface area contributed by atoms with E-state index >= 15 is 0 Å². The normalized spacial score (nSPS) is 15.0. The number of aryl methyl sites for hydroxylation is 2. The minimum Gasteiger partial charge on any atom is -0.310 e. The maximum absolute atomic E-state index is 3.63. The molecule has 0 aliphatic carbocycles. The van der Waals surface area contributed by atoms with Crippen LogP contribution in [0.2, 0.25) is 0 Å². The molecular weight excluding hydrogens is 206 g/mol. The van der Waals surface area contributed by atoms with Gasteiger partial charge >= 0.3 is 0 Å². The number of benzene rings is 1. The van der Waals surface area contributed by atoms with Crippen LogP contribution < -0.4 is 5.32 Å². The van der Waals surface area contributed by atoms with E-state index < -0.39 is 0 Å². The zero-order valence-electron chi connectivity index (χ0n) is 12.2. The molecule has 0 saturated heterocycles. The van der Waals surface area contributed by atoms with Crippen molar-refractivity contribution in [1.29, 1.82) is 0 Å². The molecule has 0 aliphatic heterocycles. The van der Waals surface area contributed by atoms with Gasteiger partial charge in [0.25, 0.3) is 0 Å². The van der Waals surface area contributed by atoms with E-state index in [4.69, 9.17) is 0 Å². The van der Waals surface area contributed by atoms with E-state index in [-0.39, 0.29) is 0 Å². The second-order valence-electron chi connectivity index (χ2n) is 5.77. The minimum absolute atomic E-state index is 0.440. The lowest BCUT2D eigenvalue weighted by Gasteiger charge is -2.21. The molecule has 0 fully saturated rings. The molecule has 1 rings (SSSR count). The zero-order valence-corrected chi connectivity index (χ0v) is 12.2. The highest BCUT2D eigenvalue weighted by Crippen LogP contribution is 2.17. The summed E-state index contributed by atoms with van der Waals surface area (Å²) in [5.41, 5.74) is 4.11. The average Bonchev–Trinajstić information content (AvgIpc) is 2.23. The van der Waals surface area contributed by atoms with Crippen LogP contribution in [-0.4, -0.2) is 6.54 Å². The van der Waals surface area contributed by atoms with Gasteiger partial charge in [-0.05, 0) is 44.7 Å². The van der Waals surface area contributed by atoms with Crippen molar-refractivity contribution < 1.29 is 0 Å². The number of hydrogen-bond acceptors (Lipinski definition) is 1. The van der Waals surface area contributed by atoms with Crippen LogP contribution in [0.5, 0.6) is 0 Å². The average molecular weight is 233 g/mol. The Balaban J connectivity index is 2.60. The molecule has 1 aromatic carbocycles. The Kier molecular flexibility index (Phi) is 5.20. The maximum atomic E-state index is 3.63. The Labute approximate surface area is 107 Å². The Hall–Kier alpha value is -0.820. The van der Waals surface area contributed by atoms with Crippen LogP contribution in [0, 0.1) is 25.7 Å². The molecule has 0 heterocycles. The molecule has 1 N–H and O–H groups in total. The topological polar surface area (TPSA) is 12.0 Å². The molecule has 0 spiro atoms. The first-order valence-electron chi connectivity index (χ1n) is 6.71. The summed E-state index contributed by atoms with van der Waals surface area (Å²) in [6, 6.07) is 7.23. The van der Waals surface area contributed by atoms with Crippen LogP contribution in [0.1, 0.15) is 50.4 Å². The number of nitrogens with one attached hydrogen (secondary N) is 1. The molecule has 0 radical (unpaired) electrons. The molecule has 0 bridgehead atoms. The zero-order chi connectivity index (χ0) is 13.0. The van der Waals surface area contributed by atoms with Crippen LogP contribution in [0.25, 0.3) is 0 Å². The van der Waals surface area contributed by atoms with Crippen LogP contribution in [0.15, 0.2) is 18.2 Å². The van der Waals surface area contributed by atoms with Gasteiger partial charge in [0.15, 0.2) is 0 Å². The summed E-state index contributed by atoms with van der Waals surface area (Å²) in [5.74, 6) is 1.47. The van der Waals surface area contributed by atoms with Crippen molar-refractivity contribution in [2.24, 2.45) is 11.8 Å². The number of hydrogen-bond donors (Lipinski definition) is 1. The van der Waals surface area contributed by atoms with Gasteiger partial charge in [-0.3, -0.25) is 0 Å². The Morgan fingerprint density at radius 3 is 1.94 bits per heavy atom. The van der Waals surface area contributed by atoms with E-state index in [2.05, 4.69) is 65.1 Å². The van der Waals surface area contributed by atoms with Crippen LogP contribution in [0.3, 0.4) is 0 Å². The lowest BCUT2D eigenvalue weighted by atomic mass is 9.97. The molecule has 0 aliphatic rings. The van der Waals surface area contributed by atoms with Crippen LogP contribution in [0.4, 0.5) is 0 Å². The van der Waals surface area contributed by atoms with Crippen molar-refractivity contribution in [2.45, 2.75) is 47.6 Å². The van der Waals surface area contributed by atoms with Crippen molar-refractivity contribution in [1.82, 2.24) is 5.32 Å². The van der Waals surface area contributed by atoms with Gasteiger partial charge in [-0.2, -0.15) is 0 Å². The van der Waals surface area contributed by atoms with Crippen LogP contribution in [-0.2, 0) is 0 Å². The standard InChI is InChI=1S/C16H27N/c1-11(2)14(5)10-17-15(6)16-8-12(3)7-13(4)9-16/h7-9,11,14-15,17H,10H2,1-6H3. The molecule has 0 saturated carbocycles. The molecule has 2 atom stereocenters. The molecule has 96 valence electrons. The molecule has 1 heteroatoms. The molecule has 2 unspecified atom stereocenters. The van der Waals surface area contributed by atoms with Crippen molar-refractivity contribution in [2.75, 3.05) is 6.54 Å². The highest BCUT2D eigenvalue weighted by atomic mass is 14.9. The summed E-state index contributed by atoms with van der Waals surface area (Å²) in [5, 5.41) is 3.63. The van der Waals surface area contributed by atoms with Gasteiger partial charge in [-0.15, -0.1) is 0 Å². The number of rotatable bonds is 5. The van der Waals surface area contributed by atoms with Gasteiger partial charge in [0.1, 0.15) is 0 Å². The lowest BCUT2D eigenvalue weighted by Crippen LogP contribution is -2.26. The first-order chi connectivity index (χ1) is 7.90. The highest BCUT2D eigenvalue weighted by molar-refractivity contribution is 5.30. The predicted octanol–water partition coefficient (Wildman–Crippen LogP) is 4.25. The summed E-state index contributed by atoms with van der Waals surface area (Å²) in [6.45, 7) is 14.6. The maximum Gasteiger partial charge on any atom is 0.0292 e. The van der Waals surface area contributed by atoms with Crippen molar-refractivity contribution in [3.8, 4) is 0 Å². The van der Waals surface area contributed by atoms with E-state index in [1.165, 1.54) is 16.7 Å². The third-order valence-corrected chi connectivity index (χ3v) is 3.63. The summed E-state index contributed by atoms with van der Waals surface area (Å²) in [6.07, 6.45) is 0. The lowest BCUT2D eigenvalue weighted by molar-refractivity contribution is 0.375. The Bertz CT molecular complexity index is 334. The van der Waals surface area contributed by atoms with Gasteiger partial charge in [0.05, 0.1) is 0 Å². The first-order valence-corrected chi connectivity index (χ1v) is 6.71. The molecule has 1 aromatic rings. The molecule has 17 heavy (non-hydrogen) atoms. The second-order valence-corrected chi connectivity index (χ2v) is 5.77. The largest absolute Gasteiger partial charge is 0.310 e. The van der Waals surface area contributed by atoms with Gasteiger partial charge in [0, 0.05) is 6.04 Å². The Morgan fingerprint density at radius 1 is 0.941 bits per heavy atom. The third-order valence-electron chi connectivity index (χ3n) is 3.63. The fourth-order valence-electron chi connectivity index (χ4n) is 1.98. The molecule has 0 amide bonds.